The Hall–Kier alpha value is -0.0800. The summed E-state index contributed by atoms with van der Waals surface area (Å²) in [5, 5.41) is 0.630. The van der Waals surface area contributed by atoms with Crippen LogP contribution in [0.1, 0.15) is 37.7 Å². The van der Waals surface area contributed by atoms with Gasteiger partial charge in [0.2, 0.25) is 0 Å². The lowest BCUT2D eigenvalue weighted by Crippen LogP contribution is -2.09. The fraction of sp³-hybridized carbons (Fsp3) is 0.571. The molecule has 0 spiro atoms. The van der Waals surface area contributed by atoms with Crippen molar-refractivity contribution >= 4 is 27.5 Å². The predicted molar refractivity (Wildman–Crippen MR) is 74.4 cm³/mol. The zero-order valence-corrected chi connectivity index (χ0v) is 12.1. The molecule has 2 atom stereocenters. The quantitative estimate of drug-likeness (QED) is 0.508. The summed E-state index contributed by atoms with van der Waals surface area (Å²) in [4.78, 5) is 0.595. The van der Waals surface area contributed by atoms with Crippen molar-refractivity contribution in [2.45, 2.75) is 43.4 Å². The summed E-state index contributed by atoms with van der Waals surface area (Å²) in [5.41, 5.74) is 0.768. The lowest BCUT2D eigenvalue weighted by Gasteiger charge is -2.16. The third-order valence-corrected chi connectivity index (χ3v) is 4.55. The van der Waals surface area contributed by atoms with Crippen molar-refractivity contribution in [3.05, 3.63) is 34.6 Å². The van der Waals surface area contributed by atoms with Gasteiger partial charge in [-0.25, -0.2) is 4.39 Å². The lowest BCUT2D eigenvalue weighted by molar-refractivity contribution is 0.453. The molecule has 0 amide bonds. The molecule has 1 aliphatic carbocycles. The highest BCUT2D eigenvalue weighted by Gasteiger charge is 2.19. The molecule has 1 aromatic carbocycles. The molecule has 2 rings (SSSR count). The van der Waals surface area contributed by atoms with E-state index < -0.39 is 0 Å². The summed E-state index contributed by atoms with van der Waals surface area (Å²) in [5.74, 6) is 0.458. The molecule has 1 aliphatic rings. The fourth-order valence-electron chi connectivity index (χ4n) is 2.59. The number of benzene rings is 1. The van der Waals surface area contributed by atoms with Crippen LogP contribution >= 0.6 is 27.5 Å². The standard InChI is InChI=1S/C14H17BrClF/c15-12-4-2-1-3-10(8-12)7-11-9-13(16)5-6-14(11)17/h5-6,9-10,12H,1-4,7-8H2. The van der Waals surface area contributed by atoms with Crippen LogP contribution in [0.3, 0.4) is 0 Å². The van der Waals surface area contributed by atoms with Gasteiger partial charge in [0.25, 0.3) is 0 Å². The smallest absolute Gasteiger partial charge is 0.126 e. The molecule has 0 aliphatic heterocycles. The first-order valence-corrected chi connectivity index (χ1v) is 7.52. The van der Waals surface area contributed by atoms with E-state index in [0.717, 1.165) is 18.4 Å². The summed E-state index contributed by atoms with van der Waals surface area (Å²) >= 11 is 9.62. The zero-order valence-electron chi connectivity index (χ0n) is 9.76. The van der Waals surface area contributed by atoms with Crippen LogP contribution in [0.4, 0.5) is 4.39 Å². The van der Waals surface area contributed by atoms with Crippen molar-refractivity contribution in [3.63, 3.8) is 0 Å². The van der Waals surface area contributed by atoms with E-state index in [1.165, 1.54) is 31.7 Å². The highest BCUT2D eigenvalue weighted by molar-refractivity contribution is 9.09. The lowest BCUT2D eigenvalue weighted by atomic mass is 9.92. The van der Waals surface area contributed by atoms with Gasteiger partial charge in [0.15, 0.2) is 0 Å². The SMILES string of the molecule is Fc1ccc(Cl)cc1CC1CCCCC(Br)C1. The monoisotopic (exact) mass is 318 g/mol. The molecule has 0 bridgehead atoms. The molecule has 1 aromatic rings. The largest absolute Gasteiger partial charge is 0.207 e. The third-order valence-electron chi connectivity index (χ3n) is 3.49. The average molecular weight is 320 g/mol. The predicted octanol–water partition coefficient (Wildman–Crippen LogP) is 5.37. The summed E-state index contributed by atoms with van der Waals surface area (Å²) in [6, 6.07) is 4.85. The number of hydrogen-bond acceptors (Lipinski definition) is 0. The Morgan fingerprint density at radius 3 is 2.88 bits per heavy atom. The number of alkyl halides is 1. The first-order valence-electron chi connectivity index (χ1n) is 6.23. The van der Waals surface area contributed by atoms with Crippen molar-refractivity contribution < 1.29 is 4.39 Å². The van der Waals surface area contributed by atoms with Gasteiger partial charge in [-0.05, 0) is 48.9 Å². The zero-order chi connectivity index (χ0) is 12.3. The van der Waals surface area contributed by atoms with E-state index >= 15 is 0 Å². The molecule has 0 nitrogen and oxygen atoms in total. The van der Waals surface area contributed by atoms with Crippen LogP contribution in [-0.4, -0.2) is 4.83 Å². The van der Waals surface area contributed by atoms with Gasteiger partial charge in [0.05, 0.1) is 0 Å². The van der Waals surface area contributed by atoms with Gasteiger partial charge in [-0.1, -0.05) is 46.8 Å². The van der Waals surface area contributed by atoms with Crippen LogP contribution in [0.25, 0.3) is 0 Å². The van der Waals surface area contributed by atoms with Crippen LogP contribution in [0.15, 0.2) is 18.2 Å². The number of halogens is 3. The minimum atomic E-state index is -0.121. The minimum Gasteiger partial charge on any atom is -0.207 e. The molecule has 1 saturated carbocycles. The maximum absolute atomic E-state index is 13.7. The van der Waals surface area contributed by atoms with Gasteiger partial charge < -0.3 is 0 Å². The van der Waals surface area contributed by atoms with Crippen molar-refractivity contribution in [1.29, 1.82) is 0 Å². The number of hydrogen-bond donors (Lipinski definition) is 0. The molecule has 3 heteroatoms. The van der Waals surface area contributed by atoms with Gasteiger partial charge in [-0.15, -0.1) is 0 Å². The summed E-state index contributed by atoms with van der Waals surface area (Å²) < 4.78 is 13.7. The molecular weight excluding hydrogens is 303 g/mol. The molecule has 1 fully saturated rings. The number of rotatable bonds is 2. The highest BCUT2D eigenvalue weighted by atomic mass is 79.9. The van der Waals surface area contributed by atoms with E-state index in [-0.39, 0.29) is 5.82 Å². The van der Waals surface area contributed by atoms with Gasteiger partial charge >= 0.3 is 0 Å². The Bertz CT molecular complexity index is 380. The molecule has 0 heterocycles. The van der Waals surface area contributed by atoms with E-state index in [1.54, 1.807) is 12.1 Å². The topological polar surface area (TPSA) is 0 Å². The second-order valence-electron chi connectivity index (χ2n) is 4.92. The summed E-state index contributed by atoms with van der Waals surface area (Å²) in [6.45, 7) is 0. The molecule has 0 saturated heterocycles. The van der Waals surface area contributed by atoms with Crippen LogP contribution < -0.4 is 0 Å². The molecule has 0 radical (unpaired) electrons. The second-order valence-corrected chi connectivity index (χ2v) is 6.65. The normalized spacial score (nSPS) is 25.6. The Morgan fingerprint density at radius 2 is 2.06 bits per heavy atom. The Morgan fingerprint density at radius 1 is 1.29 bits per heavy atom. The van der Waals surface area contributed by atoms with E-state index in [9.17, 15) is 4.39 Å². The van der Waals surface area contributed by atoms with E-state index in [4.69, 9.17) is 11.6 Å². The van der Waals surface area contributed by atoms with Crippen molar-refractivity contribution in [3.8, 4) is 0 Å². The maximum atomic E-state index is 13.7. The third kappa shape index (κ3) is 3.96. The first kappa shape index (κ1) is 13.4. The van der Waals surface area contributed by atoms with Gasteiger partial charge in [-0.3, -0.25) is 0 Å². The van der Waals surface area contributed by atoms with Crippen LogP contribution in [-0.2, 0) is 6.42 Å². The molecule has 2 unspecified atom stereocenters. The Balaban J connectivity index is 2.06. The molecular formula is C14H17BrClF. The first-order chi connectivity index (χ1) is 8.15. The van der Waals surface area contributed by atoms with Crippen molar-refractivity contribution in [2.24, 2.45) is 5.92 Å². The highest BCUT2D eigenvalue weighted by Crippen LogP contribution is 2.31. The van der Waals surface area contributed by atoms with Crippen LogP contribution in [0, 0.1) is 11.7 Å². The van der Waals surface area contributed by atoms with Crippen LogP contribution in [0.2, 0.25) is 5.02 Å². The van der Waals surface area contributed by atoms with Gasteiger partial charge in [0, 0.05) is 9.85 Å². The Labute approximate surface area is 116 Å². The fourth-order valence-corrected chi connectivity index (χ4v) is 3.64. The van der Waals surface area contributed by atoms with E-state index in [1.807, 2.05) is 0 Å². The van der Waals surface area contributed by atoms with Crippen LogP contribution in [0.5, 0.6) is 0 Å². The Kier molecular flexibility index (Phi) is 4.87. The summed E-state index contributed by atoms with van der Waals surface area (Å²) in [6.07, 6.45) is 6.95. The molecule has 0 N–H and O–H groups in total. The molecule has 94 valence electrons. The van der Waals surface area contributed by atoms with Crippen molar-refractivity contribution in [1.82, 2.24) is 0 Å². The van der Waals surface area contributed by atoms with Gasteiger partial charge in [0.1, 0.15) is 5.82 Å². The minimum absolute atomic E-state index is 0.121. The van der Waals surface area contributed by atoms with E-state index in [0.29, 0.717) is 15.8 Å². The molecule has 17 heavy (non-hydrogen) atoms. The van der Waals surface area contributed by atoms with Crippen molar-refractivity contribution in [2.75, 3.05) is 0 Å². The average Bonchev–Trinajstić information content (AvgIpc) is 2.48. The second kappa shape index (κ2) is 6.19. The maximum Gasteiger partial charge on any atom is 0.126 e. The summed E-state index contributed by atoms with van der Waals surface area (Å²) in [7, 11) is 0. The van der Waals surface area contributed by atoms with Gasteiger partial charge in [-0.2, -0.15) is 0 Å². The van der Waals surface area contributed by atoms with E-state index in [2.05, 4.69) is 15.9 Å². The molecule has 0 aromatic heterocycles.